The van der Waals surface area contributed by atoms with Crippen molar-refractivity contribution in [2.45, 2.75) is 102 Å². The zero-order chi connectivity index (χ0) is 21.4. The lowest BCUT2D eigenvalue weighted by atomic mass is 9.57. The minimum Gasteiger partial charge on any atom is -0.459 e. The van der Waals surface area contributed by atoms with Crippen LogP contribution in [0.15, 0.2) is 0 Å². The molecule has 4 aliphatic carbocycles. The molecule has 0 aromatic rings. The fourth-order valence-electron chi connectivity index (χ4n) is 8.56. The van der Waals surface area contributed by atoms with E-state index in [-0.39, 0.29) is 30.5 Å². The molecular formula is C22H34O7. The maximum absolute atomic E-state index is 12.2. The van der Waals surface area contributed by atoms with E-state index >= 15 is 0 Å². The smallest absolute Gasteiger partial charge is 0.303 e. The summed E-state index contributed by atoms with van der Waals surface area (Å²) in [4.78, 5) is 12.1. The topological polar surface area (TPSA) is 120 Å². The van der Waals surface area contributed by atoms with Gasteiger partial charge in [-0.25, -0.2) is 0 Å². The number of hydrogen-bond acceptors (Lipinski definition) is 7. The van der Waals surface area contributed by atoms with Crippen molar-refractivity contribution >= 4 is 5.97 Å². The van der Waals surface area contributed by atoms with E-state index in [1.54, 1.807) is 13.8 Å². The van der Waals surface area contributed by atoms with Gasteiger partial charge in [-0.3, -0.25) is 4.79 Å². The molecule has 7 nitrogen and oxygen atoms in total. The molecule has 4 N–H and O–H groups in total. The van der Waals surface area contributed by atoms with Crippen LogP contribution in [0, 0.1) is 28.6 Å². The maximum atomic E-state index is 12.2. The lowest BCUT2D eigenvalue weighted by Crippen LogP contribution is -2.63. The minimum atomic E-state index is -1.49. The zero-order valence-corrected chi connectivity index (χ0v) is 17.9. The zero-order valence-electron chi connectivity index (χ0n) is 17.9. The van der Waals surface area contributed by atoms with Crippen molar-refractivity contribution in [2.75, 3.05) is 0 Å². The van der Waals surface area contributed by atoms with Crippen molar-refractivity contribution in [3.63, 3.8) is 0 Å². The highest BCUT2D eigenvalue weighted by Crippen LogP contribution is 2.73. The van der Waals surface area contributed by atoms with Crippen molar-refractivity contribution in [3.05, 3.63) is 0 Å². The van der Waals surface area contributed by atoms with Crippen LogP contribution in [0.4, 0.5) is 0 Å². The van der Waals surface area contributed by atoms with Gasteiger partial charge in [0.05, 0.1) is 29.5 Å². The van der Waals surface area contributed by atoms with Crippen molar-refractivity contribution in [1.82, 2.24) is 0 Å². The van der Waals surface area contributed by atoms with Crippen LogP contribution in [0.25, 0.3) is 0 Å². The van der Waals surface area contributed by atoms with Crippen LogP contribution in [-0.2, 0) is 14.3 Å². The summed E-state index contributed by atoms with van der Waals surface area (Å²) in [6, 6.07) is 0. The third-order valence-electron chi connectivity index (χ3n) is 9.69. The number of aliphatic hydroxyl groups is 4. The largest absolute Gasteiger partial charge is 0.459 e. The van der Waals surface area contributed by atoms with Gasteiger partial charge >= 0.3 is 5.97 Å². The Morgan fingerprint density at radius 1 is 1.10 bits per heavy atom. The van der Waals surface area contributed by atoms with E-state index in [2.05, 4.69) is 0 Å². The molecule has 1 spiro atoms. The van der Waals surface area contributed by atoms with Crippen LogP contribution < -0.4 is 0 Å². The average molecular weight is 411 g/mol. The average Bonchev–Trinajstić information content (AvgIpc) is 3.29. The number of epoxide rings is 1. The Hall–Kier alpha value is -0.730. The van der Waals surface area contributed by atoms with Crippen molar-refractivity contribution in [1.29, 1.82) is 0 Å². The second-order valence-corrected chi connectivity index (χ2v) is 11.5. The first kappa shape index (κ1) is 20.2. The summed E-state index contributed by atoms with van der Waals surface area (Å²) in [5.74, 6) is -1.78. The molecule has 0 aromatic heterocycles. The summed E-state index contributed by atoms with van der Waals surface area (Å²) in [6.45, 7) is 8.62. The first-order valence-corrected chi connectivity index (χ1v) is 10.9. The van der Waals surface area contributed by atoms with Crippen LogP contribution in [0.3, 0.4) is 0 Å². The molecule has 5 aliphatic rings. The summed E-state index contributed by atoms with van der Waals surface area (Å²) >= 11 is 0. The van der Waals surface area contributed by atoms with Gasteiger partial charge in [-0.2, -0.15) is 0 Å². The van der Waals surface area contributed by atoms with Gasteiger partial charge in [0.15, 0.2) is 0 Å². The van der Waals surface area contributed by atoms with Crippen molar-refractivity contribution < 1.29 is 34.7 Å². The Labute approximate surface area is 171 Å². The van der Waals surface area contributed by atoms with Crippen LogP contribution >= 0.6 is 0 Å². The number of ether oxygens (including phenoxy) is 2. The Bertz CT molecular complexity index is 760. The Kier molecular flexibility index (Phi) is 3.73. The molecule has 29 heavy (non-hydrogen) atoms. The molecule has 5 rings (SSSR count). The molecule has 1 heterocycles. The summed E-state index contributed by atoms with van der Waals surface area (Å²) in [5, 5.41) is 46.6. The fraction of sp³-hybridized carbons (Fsp3) is 0.955. The number of hydrogen-bond donors (Lipinski definition) is 4. The highest BCUT2D eigenvalue weighted by molar-refractivity contribution is 5.66. The van der Waals surface area contributed by atoms with Gasteiger partial charge in [-0.05, 0) is 45.4 Å². The molecule has 1 aliphatic heterocycles. The van der Waals surface area contributed by atoms with Gasteiger partial charge < -0.3 is 29.9 Å². The van der Waals surface area contributed by atoms with Gasteiger partial charge in [0.1, 0.15) is 11.7 Å². The number of esters is 1. The second-order valence-electron chi connectivity index (χ2n) is 11.5. The Morgan fingerprint density at radius 3 is 2.38 bits per heavy atom. The normalized spacial score (nSPS) is 61.9. The standard InChI is InChI=1S/C22H34O7/c1-10(23)28-13-8-21-9-19(4,25)11(16(21)24)6-7-12(21)20(5,26)15-14-17(29-14)18(2,3)22(13,15)27/h11-17,24-27H,6-9H2,1-5H3/t11-,12+,13-,14+,15+,16+,17+,19-,20-,21+,22-/m1/s1. The van der Waals surface area contributed by atoms with E-state index < -0.39 is 51.7 Å². The quantitative estimate of drug-likeness (QED) is 0.372. The van der Waals surface area contributed by atoms with E-state index in [0.29, 0.717) is 19.3 Å². The van der Waals surface area contributed by atoms with Crippen molar-refractivity contribution in [2.24, 2.45) is 28.6 Å². The third kappa shape index (κ3) is 2.14. The molecule has 2 bridgehead atoms. The number of carbonyl (C=O) groups excluding carboxylic acids is 1. The molecule has 4 saturated carbocycles. The lowest BCUT2D eigenvalue weighted by Gasteiger charge is -2.51. The molecule has 0 amide bonds. The monoisotopic (exact) mass is 410 g/mol. The Morgan fingerprint density at radius 2 is 1.76 bits per heavy atom. The molecule has 5 fully saturated rings. The van der Waals surface area contributed by atoms with E-state index in [4.69, 9.17) is 9.47 Å². The molecular weight excluding hydrogens is 376 g/mol. The summed E-state index contributed by atoms with van der Waals surface area (Å²) in [7, 11) is 0. The van der Waals surface area contributed by atoms with Crippen molar-refractivity contribution in [3.8, 4) is 0 Å². The van der Waals surface area contributed by atoms with Crippen LogP contribution in [0.2, 0.25) is 0 Å². The fourth-order valence-corrected chi connectivity index (χ4v) is 8.56. The van der Waals surface area contributed by atoms with Crippen LogP contribution in [0.1, 0.15) is 60.3 Å². The SMILES string of the molecule is CC(=O)O[C@@H]1C[C@]23C[C@@](C)(O)[C@H](CC[C@H]2[C@@](C)(O)[C@@H]2[C@@H]4O[C@@H]4C(C)(C)[C@@]12O)[C@@H]3O. The number of fused-ring (bicyclic) bond motifs is 4. The second kappa shape index (κ2) is 5.36. The molecule has 0 unspecified atom stereocenters. The number of aliphatic hydroxyl groups excluding tert-OH is 1. The van der Waals surface area contributed by atoms with E-state index in [1.807, 2.05) is 13.8 Å². The van der Waals surface area contributed by atoms with Gasteiger partial charge in [-0.1, -0.05) is 13.8 Å². The van der Waals surface area contributed by atoms with E-state index in [0.717, 1.165) is 0 Å². The van der Waals surface area contributed by atoms with Gasteiger partial charge in [0.2, 0.25) is 0 Å². The summed E-state index contributed by atoms with van der Waals surface area (Å²) in [5.41, 5.74) is -5.48. The lowest BCUT2D eigenvalue weighted by molar-refractivity contribution is -0.230. The van der Waals surface area contributed by atoms with Gasteiger partial charge in [0.25, 0.3) is 0 Å². The first-order valence-electron chi connectivity index (χ1n) is 10.9. The molecule has 0 radical (unpaired) electrons. The third-order valence-corrected chi connectivity index (χ3v) is 9.69. The van der Waals surface area contributed by atoms with E-state index in [1.165, 1.54) is 6.92 Å². The van der Waals surface area contributed by atoms with Crippen LogP contribution in [-0.4, -0.2) is 67.6 Å². The molecule has 11 atom stereocenters. The highest BCUT2D eigenvalue weighted by Gasteiger charge is 2.83. The summed E-state index contributed by atoms with van der Waals surface area (Å²) in [6.07, 6.45) is -0.461. The van der Waals surface area contributed by atoms with E-state index in [9.17, 15) is 25.2 Å². The molecule has 0 aromatic carbocycles. The molecule has 7 heteroatoms. The Balaban J connectivity index is 1.71. The highest BCUT2D eigenvalue weighted by atomic mass is 16.6. The van der Waals surface area contributed by atoms with Crippen LogP contribution in [0.5, 0.6) is 0 Å². The maximum Gasteiger partial charge on any atom is 0.303 e. The number of carbonyl (C=O) groups is 1. The number of rotatable bonds is 1. The molecule has 164 valence electrons. The van der Waals surface area contributed by atoms with Gasteiger partial charge in [0, 0.05) is 29.6 Å². The first-order chi connectivity index (χ1) is 13.2. The predicted molar refractivity (Wildman–Crippen MR) is 102 cm³/mol. The predicted octanol–water partition coefficient (Wildman–Crippen LogP) is 0.755. The minimum absolute atomic E-state index is 0.205. The molecule has 1 saturated heterocycles. The summed E-state index contributed by atoms with van der Waals surface area (Å²) < 4.78 is 11.6. The van der Waals surface area contributed by atoms with Gasteiger partial charge in [-0.15, -0.1) is 0 Å².